The molecule has 0 aliphatic carbocycles. The molecule has 0 spiro atoms. The first kappa shape index (κ1) is 19.7. The monoisotopic (exact) mass is 319 g/mol. The highest BCUT2D eigenvalue weighted by Crippen LogP contribution is 2.27. The van der Waals surface area contributed by atoms with Gasteiger partial charge in [0.05, 0.1) is 0 Å². The highest BCUT2D eigenvalue weighted by Gasteiger charge is 2.22. The summed E-state index contributed by atoms with van der Waals surface area (Å²) in [4.78, 5) is 6.89. The average molecular weight is 320 g/mol. The van der Waals surface area contributed by atoms with E-state index in [0.717, 1.165) is 32.1 Å². The van der Waals surface area contributed by atoms with Gasteiger partial charge in [-0.3, -0.25) is 9.88 Å². The van der Waals surface area contributed by atoms with Gasteiger partial charge in [-0.2, -0.15) is 0 Å². The first-order valence-corrected chi connectivity index (χ1v) is 7.12. The van der Waals surface area contributed by atoms with Gasteiger partial charge in [0, 0.05) is 44.6 Å². The highest BCUT2D eigenvalue weighted by atomic mass is 35.5. The molecule has 2 heterocycles. The predicted octanol–water partition coefficient (Wildman–Crippen LogP) is 3.31. The van der Waals surface area contributed by atoms with Crippen LogP contribution in [0.2, 0.25) is 0 Å². The summed E-state index contributed by atoms with van der Waals surface area (Å²) in [6.07, 6.45) is 6.42. The molecule has 5 heteroatoms. The lowest BCUT2D eigenvalue weighted by molar-refractivity contribution is 0.159. The molecule has 1 aromatic rings. The first-order chi connectivity index (χ1) is 8.77. The molecule has 1 aliphatic rings. The number of nitrogens with zero attached hydrogens (tertiary/aromatic N) is 2. The van der Waals surface area contributed by atoms with Crippen molar-refractivity contribution in [3.8, 4) is 0 Å². The number of rotatable bonds is 5. The van der Waals surface area contributed by atoms with Crippen molar-refractivity contribution in [2.45, 2.75) is 32.7 Å². The quantitative estimate of drug-likeness (QED) is 0.902. The lowest BCUT2D eigenvalue weighted by Crippen LogP contribution is -2.45. The minimum Gasteiger partial charge on any atom is -0.314 e. The van der Waals surface area contributed by atoms with E-state index < -0.39 is 0 Å². The van der Waals surface area contributed by atoms with Crippen molar-refractivity contribution in [3.05, 3.63) is 30.1 Å². The molecular weight excluding hydrogens is 293 g/mol. The van der Waals surface area contributed by atoms with Gasteiger partial charge in [-0.25, -0.2) is 0 Å². The second-order valence-electron chi connectivity index (χ2n) is 5.56. The zero-order valence-electron chi connectivity index (χ0n) is 12.4. The van der Waals surface area contributed by atoms with Crippen molar-refractivity contribution in [1.82, 2.24) is 15.2 Å². The van der Waals surface area contributed by atoms with Crippen molar-refractivity contribution in [2.24, 2.45) is 5.92 Å². The average Bonchev–Trinajstić information content (AvgIpc) is 2.41. The van der Waals surface area contributed by atoms with Crippen LogP contribution in [-0.4, -0.2) is 36.1 Å². The van der Waals surface area contributed by atoms with Crippen molar-refractivity contribution in [2.75, 3.05) is 26.2 Å². The van der Waals surface area contributed by atoms with Crippen LogP contribution in [0.4, 0.5) is 0 Å². The van der Waals surface area contributed by atoms with Gasteiger partial charge in [0.25, 0.3) is 0 Å². The van der Waals surface area contributed by atoms with Crippen molar-refractivity contribution in [1.29, 1.82) is 0 Å². The minimum atomic E-state index is 0. The lowest BCUT2D eigenvalue weighted by atomic mass is 9.97. The second kappa shape index (κ2) is 10.4. The third kappa shape index (κ3) is 5.96. The van der Waals surface area contributed by atoms with Gasteiger partial charge in [0.15, 0.2) is 0 Å². The van der Waals surface area contributed by atoms with E-state index in [1.165, 1.54) is 18.4 Å². The Morgan fingerprint density at radius 1 is 1.20 bits per heavy atom. The molecule has 3 nitrogen and oxygen atoms in total. The number of aromatic nitrogens is 1. The van der Waals surface area contributed by atoms with Gasteiger partial charge < -0.3 is 5.32 Å². The van der Waals surface area contributed by atoms with Crippen LogP contribution in [-0.2, 0) is 0 Å². The number of hydrogen-bond donors (Lipinski definition) is 1. The molecule has 1 fully saturated rings. The van der Waals surface area contributed by atoms with E-state index in [0.29, 0.717) is 6.04 Å². The van der Waals surface area contributed by atoms with Crippen molar-refractivity contribution in [3.63, 3.8) is 0 Å². The maximum absolute atomic E-state index is 4.29. The Morgan fingerprint density at radius 2 is 1.90 bits per heavy atom. The Hall–Kier alpha value is -0.350. The zero-order valence-corrected chi connectivity index (χ0v) is 14.1. The molecule has 1 aromatic heterocycles. The van der Waals surface area contributed by atoms with Crippen molar-refractivity contribution < 1.29 is 0 Å². The van der Waals surface area contributed by atoms with Gasteiger partial charge in [-0.15, -0.1) is 24.8 Å². The number of nitrogens with one attached hydrogen (secondary N) is 1. The molecular formula is C15H27Cl2N3. The smallest absolute Gasteiger partial charge is 0.0364 e. The van der Waals surface area contributed by atoms with E-state index in [4.69, 9.17) is 0 Å². The molecule has 0 bridgehead atoms. The predicted molar refractivity (Wildman–Crippen MR) is 90.0 cm³/mol. The topological polar surface area (TPSA) is 28.2 Å². The van der Waals surface area contributed by atoms with Crippen molar-refractivity contribution >= 4 is 24.8 Å². The van der Waals surface area contributed by atoms with Crippen LogP contribution in [0.15, 0.2) is 24.5 Å². The van der Waals surface area contributed by atoms with Crippen LogP contribution in [0.1, 0.15) is 38.3 Å². The summed E-state index contributed by atoms with van der Waals surface area (Å²) in [7, 11) is 0. The number of pyridine rings is 1. The molecule has 20 heavy (non-hydrogen) atoms. The van der Waals surface area contributed by atoms with Crippen LogP contribution < -0.4 is 5.32 Å². The largest absolute Gasteiger partial charge is 0.314 e. The maximum atomic E-state index is 4.29. The van der Waals surface area contributed by atoms with Gasteiger partial charge in [-0.1, -0.05) is 19.9 Å². The Morgan fingerprint density at radius 3 is 2.45 bits per heavy atom. The summed E-state index contributed by atoms with van der Waals surface area (Å²) in [5.41, 5.74) is 1.38. The van der Waals surface area contributed by atoms with E-state index in [9.17, 15) is 0 Å². The van der Waals surface area contributed by atoms with Crippen LogP contribution >= 0.6 is 24.8 Å². The fourth-order valence-corrected chi connectivity index (χ4v) is 2.62. The van der Waals surface area contributed by atoms with E-state index >= 15 is 0 Å². The van der Waals surface area contributed by atoms with Crippen LogP contribution in [0.5, 0.6) is 0 Å². The number of hydrogen-bond acceptors (Lipinski definition) is 3. The van der Waals surface area contributed by atoms with Gasteiger partial charge in [0.1, 0.15) is 0 Å². The fraction of sp³-hybridized carbons (Fsp3) is 0.667. The Kier molecular flexibility index (Phi) is 10.2. The van der Waals surface area contributed by atoms with Crippen LogP contribution in [0.3, 0.4) is 0 Å². The summed E-state index contributed by atoms with van der Waals surface area (Å²) < 4.78 is 0. The summed E-state index contributed by atoms with van der Waals surface area (Å²) in [5, 5.41) is 3.43. The summed E-state index contributed by atoms with van der Waals surface area (Å²) in [5.74, 6) is 0.770. The Balaban J connectivity index is 0.00000180. The lowest BCUT2D eigenvalue weighted by Gasteiger charge is -2.35. The molecule has 1 aliphatic heterocycles. The second-order valence-corrected chi connectivity index (χ2v) is 5.56. The maximum Gasteiger partial charge on any atom is 0.0364 e. The molecule has 0 amide bonds. The zero-order chi connectivity index (χ0) is 12.8. The molecule has 0 radical (unpaired) electrons. The Labute approximate surface area is 135 Å². The minimum absolute atomic E-state index is 0. The number of piperazine rings is 1. The van der Waals surface area contributed by atoms with E-state index in [-0.39, 0.29) is 24.8 Å². The molecule has 0 aromatic carbocycles. The molecule has 1 saturated heterocycles. The SMILES string of the molecule is CC(C)CC[C@H](c1cccnc1)N1CCNCC1.Cl.Cl. The molecule has 1 N–H and O–H groups in total. The molecule has 2 rings (SSSR count). The number of halogens is 2. The van der Waals surface area contributed by atoms with Gasteiger partial charge in [0.2, 0.25) is 0 Å². The Bertz CT molecular complexity index is 340. The van der Waals surface area contributed by atoms with Crippen LogP contribution in [0, 0.1) is 5.92 Å². The fourth-order valence-electron chi connectivity index (χ4n) is 2.62. The van der Waals surface area contributed by atoms with E-state index in [1.807, 2.05) is 12.4 Å². The molecule has 116 valence electrons. The van der Waals surface area contributed by atoms with E-state index in [1.54, 1.807) is 0 Å². The summed E-state index contributed by atoms with van der Waals surface area (Å²) >= 11 is 0. The third-order valence-corrected chi connectivity index (χ3v) is 3.68. The molecule has 0 unspecified atom stereocenters. The summed E-state index contributed by atoms with van der Waals surface area (Å²) in [6, 6.07) is 4.82. The standard InChI is InChI=1S/C15H25N3.2ClH/c1-13(2)5-6-15(14-4-3-7-17-12-14)18-10-8-16-9-11-18;;/h3-4,7,12-13,15-16H,5-6,8-11H2,1-2H3;2*1H/t15-;;/m1../s1. The highest BCUT2D eigenvalue weighted by molar-refractivity contribution is 5.85. The molecule has 1 atom stereocenters. The molecule has 0 saturated carbocycles. The first-order valence-electron chi connectivity index (χ1n) is 7.12. The normalized spacial score (nSPS) is 17.1. The van der Waals surface area contributed by atoms with Gasteiger partial charge in [-0.05, 0) is 30.4 Å². The van der Waals surface area contributed by atoms with Gasteiger partial charge >= 0.3 is 0 Å². The summed E-state index contributed by atoms with van der Waals surface area (Å²) in [6.45, 7) is 9.13. The van der Waals surface area contributed by atoms with Crippen LogP contribution in [0.25, 0.3) is 0 Å². The third-order valence-electron chi connectivity index (χ3n) is 3.68. The van der Waals surface area contributed by atoms with E-state index in [2.05, 4.69) is 41.2 Å².